The molecule has 3 aliphatic heterocycles. The second-order valence-electron chi connectivity index (χ2n) is 15.6. The third-order valence-electron chi connectivity index (χ3n) is 11.3. The minimum absolute atomic E-state index is 0.167. The van der Waals surface area contributed by atoms with E-state index in [4.69, 9.17) is 18.8 Å². The van der Waals surface area contributed by atoms with Crippen LogP contribution in [0, 0.1) is 13.8 Å². The Kier molecular flexibility index (Phi) is 14.1. The summed E-state index contributed by atoms with van der Waals surface area (Å²) in [5.41, 5.74) is 10.0. The number of rotatable bonds is 6. The predicted molar refractivity (Wildman–Crippen MR) is 233 cm³/mol. The number of hydrogen-bond donors (Lipinski definition) is 0. The van der Waals surface area contributed by atoms with Crippen LogP contribution in [0.5, 0.6) is 0 Å². The predicted octanol–water partition coefficient (Wildman–Crippen LogP) is 8.58. The molecular weight excluding hydrogens is 799 g/mol. The lowest BCUT2D eigenvalue weighted by Crippen LogP contribution is -2.41. The first-order valence-electron chi connectivity index (χ1n) is 19.7. The number of esters is 2. The fourth-order valence-electron chi connectivity index (χ4n) is 7.23. The van der Waals surface area contributed by atoms with E-state index in [1.165, 1.54) is 25.3 Å². The summed E-state index contributed by atoms with van der Waals surface area (Å²) in [6.45, 7) is 17.4. The van der Waals surface area contributed by atoms with Crippen LogP contribution in [0.25, 0.3) is 11.1 Å². The molecule has 3 heterocycles. The number of anilines is 2. The molecule has 0 aliphatic carbocycles. The molecule has 3 aliphatic rings. The SMILES string of the molecule is CCC(=O)N1CCc2cc(-c3ccc(C(=O)OC)cc3C)ccc21.CCC(=O)N1CCc2cc(Br)ccc21.COC(=O)c1ccc(B2OC(C)(C)C(C)(C)O2)c(C)c1. The zero-order valence-electron chi connectivity index (χ0n) is 35.3. The summed E-state index contributed by atoms with van der Waals surface area (Å²) in [6.07, 6.45) is 2.96. The number of ether oxygens (including phenoxy) is 2. The van der Waals surface area contributed by atoms with Gasteiger partial charge in [-0.05, 0) is 142 Å². The Hall–Kier alpha value is -4.78. The van der Waals surface area contributed by atoms with Crippen molar-refractivity contribution in [2.24, 2.45) is 0 Å². The maximum absolute atomic E-state index is 12.0. The lowest BCUT2D eigenvalue weighted by atomic mass is 9.76. The minimum Gasteiger partial charge on any atom is -0.465 e. The standard InChI is InChI=1S/C20H21NO3.C15H21BO4.C11H12BrNO/c1-4-19(22)21-10-9-15-12-14(6-8-18(15)21)17-7-5-16(11-13(17)2)20(23)24-3;1-10-9-11(13(17)18-6)7-8-12(10)16-19-14(2,3)15(4,5)20-16;1-2-11(14)13-6-5-8-7-9(12)3-4-10(8)13/h5-8,11-12H,4,9-10H2,1-3H3;7-9H,1-6H3;3-4,7H,2,5-6H2,1H3. The Morgan fingerprint density at radius 1 is 0.672 bits per heavy atom. The molecule has 10 nitrogen and oxygen atoms in total. The minimum atomic E-state index is -0.410. The maximum atomic E-state index is 12.0. The molecule has 0 spiro atoms. The second-order valence-corrected chi connectivity index (χ2v) is 16.5. The van der Waals surface area contributed by atoms with Gasteiger partial charge in [0.1, 0.15) is 0 Å². The van der Waals surface area contributed by atoms with Crippen molar-refractivity contribution in [3.63, 3.8) is 0 Å². The number of nitrogens with zero attached hydrogens (tertiary/aromatic N) is 2. The van der Waals surface area contributed by atoms with Crippen molar-refractivity contribution in [2.75, 3.05) is 37.1 Å². The molecule has 0 saturated carbocycles. The van der Waals surface area contributed by atoms with Crippen molar-refractivity contribution in [1.29, 1.82) is 0 Å². The molecule has 1 fully saturated rings. The van der Waals surface area contributed by atoms with E-state index in [1.807, 2.05) is 108 Å². The van der Waals surface area contributed by atoms with Gasteiger partial charge >= 0.3 is 19.1 Å². The van der Waals surface area contributed by atoms with Gasteiger partial charge < -0.3 is 28.6 Å². The van der Waals surface area contributed by atoms with E-state index in [0.717, 1.165) is 69.5 Å². The van der Waals surface area contributed by atoms with Gasteiger partial charge in [0.15, 0.2) is 0 Å². The molecule has 7 rings (SSSR count). The molecule has 0 N–H and O–H groups in total. The average molecular weight is 854 g/mol. The topological polar surface area (TPSA) is 112 Å². The van der Waals surface area contributed by atoms with Crippen LogP contribution in [0.4, 0.5) is 11.4 Å². The number of halogens is 1. The van der Waals surface area contributed by atoms with Gasteiger partial charge in [-0.15, -0.1) is 0 Å². The van der Waals surface area contributed by atoms with Gasteiger partial charge in [-0.2, -0.15) is 0 Å². The fourth-order valence-corrected chi connectivity index (χ4v) is 7.64. The van der Waals surface area contributed by atoms with Crippen molar-refractivity contribution >= 4 is 63.6 Å². The van der Waals surface area contributed by atoms with Crippen molar-refractivity contribution in [3.8, 4) is 11.1 Å². The Morgan fingerprint density at radius 2 is 1.16 bits per heavy atom. The molecule has 1 saturated heterocycles. The zero-order valence-corrected chi connectivity index (χ0v) is 36.9. The molecule has 306 valence electrons. The Labute approximate surface area is 351 Å². The highest BCUT2D eigenvalue weighted by Gasteiger charge is 2.52. The number of aryl methyl sites for hydroxylation is 2. The number of amides is 2. The van der Waals surface area contributed by atoms with Crippen LogP contribution in [0.3, 0.4) is 0 Å². The first kappa shape index (κ1) is 44.3. The smallest absolute Gasteiger partial charge is 0.465 e. The third-order valence-corrected chi connectivity index (χ3v) is 11.8. The van der Waals surface area contributed by atoms with E-state index in [0.29, 0.717) is 24.0 Å². The van der Waals surface area contributed by atoms with E-state index in [-0.39, 0.29) is 35.0 Å². The van der Waals surface area contributed by atoms with Crippen LogP contribution in [0.2, 0.25) is 0 Å². The van der Waals surface area contributed by atoms with Crippen LogP contribution in [-0.4, -0.2) is 69.4 Å². The largest absolute Gasteiger partial charge is 0.495 e. The highest BCUT2D eigenvalue weighted by atomic mass is 79.9. The van der Waals surface area contributed by atoms with E-state index in [9.17, 15) is 19.2 Å². The molecule has 0 radical (unpaired) electrons. The molecule has 4 aromatic carbocycles. The number of benzene rings is 4. The summed E-state index contributed by atoms with van der Waals surface area (Å²) < 4.78 is 22.6. The first-order chi connectivity index (χ1) is 27.4. The van der Waals surface area contributed by atoms with E-state index < -0.39 is 7.12 Å². The maximum Gasteiger partial charge on any atom is 0.495 e. The van der Waals surface area contributed by atoms with Gasteiger partial charge in [0, 0.05) is 41.8 Å². The van der Waals surface area contributed by atoms with Crippen LogP contribution < -0.4 is 15.3 Å². The Balaban J connectivity index is 0.000000171. The lowest BCUT2D eigenvalue weighted by Gasteiger charge is -2.32. The summed E-state index contributed by atoms with van der Waals surface area (Å²) in [6, 6.07) is 23.3. The van der Waals surface area contributed by atoms with Crippen LogP contribution in [0.1, 0.15) is 97.4 Å². The number of carbonyl (C=O) groups is 4. The van der Waals surface area contributed by atoms with Crippen LogP contribution in [0.15, 0.2) is 77.3 Å². The number of hydrogen-bond acceptors (Lipinski definition) is 8. The normalized spacial score (nSPS) is 15.7. The monoisotopic (exact) mass is 852 g/mol. The highest BCUT2D eigenvalue weighted by molar-refractivity contribution is 9.10. The summed E-state index contributed by atoms with van der Waals surface area (Å²) >= 11 is 3.44. The molecule has 12 heteroatoms. The molecule has 0 unspecified atom stereocenters. The second kappa shape index (κ2) is 18.4. The van der Waals surface area contributed by atoms with Gasteiger partial charge in [0.05, 0.1) is 36.5 Å². The van der Waals surface area contributed by atoms with Crippen molar-refractivity contribution < 1.29 is 38.0 Å². The fraction of sp³-hybridized carbons (Fsp3) is 0.391. The van der Waals surface area contributed by atoms with Gasteiger partial charge in [-0.25, -0.2) is 9.59 Å². The molecule has 0 atom stereocenters. The number of methoxy groups -OCH3 is 2. The highest BCUT2D eigenvalue weighted by Crippen LogP contribution is 2.37. The Morgan fingerprint density at radius 3 is 1.64 bits per heavy atom. The third kappa shape index (κ3) is 9.57. The number of fused-ring (bicyclic) bond motifs is 2. The summed E-state index contributed by atoms with van der Waals surface area (Å²) in [5, 5.41) is 0. The lowest BCUT2D eigenvalue weighted by molar-refractivity contribution is -0.119. The summed E-state index contributed by atoms with van der Waals surface area (Å²) in [7, 11) is 2.35. The van der Waals surface area contributed by atoms with Crippen molar-refractivity contribution in [2.45, 2.75) is 92.3 Å². The quantitative estimate of drug-likeness (QED) is 0.140. The molecule has 58 heavy (non-hydrogen) atoms. The van der Waals surface area contributed by atoms with E-state index in [2.05, 4.69) is 28.1 Å². The van der Waals surface area contributed by atoms with E-state index >= 15 is 0 Å². The Bertz CT molecular complexity index is 2190. The summed E-state index contributed by atoms with van der Waals surface area (Å²) in [4.78, 5) is 50.5. The average Bonchev–Trinajstić information content (AvgIpc) is 3.89. The zero-order chi connectivity index (χ0) is 42.5. The van der Waals surface area contributed by atoms with Crippen molar-refractivity contribution in [1.82, 2.24) is 0 Å². The molecule has 0 bridgehead atoms. The van der Waals surface area contributed by atoms with Crippen molar-refractivity contribution in [3.05, 3.63) is 111 Å². The summed E-state index contributed by atoms with van der Waals surface area (Å²) in [5.74, 6) is -0.285. The van der Waals surface area contributed by atoms with Crippen LogP contribution >= 0.6 is 15.9 Å². The number of carbonyl (C=O) groups excluding carboxylic acids is 4. The van der Waals surface area contributed by atoms with Gasteiger partial charge in [0.2, 0.25) is 11.8 Å². The van der Waals surface area contributed by atoms with Gasteiger partial charge in [-0.3, -0.25) is 9.59 Å². The molecule has 2 amide bonds. The molecule has 0 aromatic heterocycles. The molecular formula is C46H54BBrN2O8. The molecule has 4 aromatic rings. The first-order valence-corrected chi connectivity index (χ1v) is 20.5. The van der Waals surface area contributed by atoms with Gasteiger partial charge in [-0.1, -0.05) is 53.5 Å². The van der Waals surface area contributed by atoms with Crippen LogP contribution in [-0.2, 0) is 41.2 Å². The van der Waals surface area contributed by atoms with Gasteiger partial charge in [0.25, 0.3) is 0 Å². The van der Waals surface area contributed by atoms with E-state index in [1.54, 1.807) is 18.2 Å².